The molecule has 1 aromatic heterocycles. The Morgan fingerprint density at radius 1 is 0.585 bits per heavy atom. The molecular formula is C40H29N. The molecule has 0 N–H and O–H groups in total. The van der Waals surface area contributed by atoms with Crippen LogP contribution in [0.5, 0.6) is 0 Å². The first-order chi connectivity index (χ1) is 20.3. The fraction of sp³-hybridized carbons (Fsp3) is 0.0500. The largest absolute Gasteiger partial charge is 0.309 e. The van der Waals surface area contributed by atoms with Crippen LogP contribution in [-0.2, 0) is 6.42 Å². The Kier molecular flexibility index (Phi) is 5.50. The highest BCUT2D eigenvalue weighted by Crippen LogP contribution is 2.42. The highest BCUT2D eigenvalue weighted by atomic mass is 15.0. The zero-order valence-electron chi connectivity index (χ0n) is 22.8. The molecule has 0 fully saturated rings. The van der Waals surface area contributed by atoms with Gasteiger partial charge in [-0.15, -0.1) is 0 Å². The summed E-state index contributed by atoms with van der Waals surface area (Å²) in [6.07, 6.45) is 3.31. The Morgan fingerprint density at radius 3 is 2.00 bits per heavy atom. The number of rotatable bonds is 3. The third kappa shape index (κ3) is 3.85. The molecule has 1 unspecified atom stereocenters. The lowest BCUT2D eigenvalue weighted by atomic mass is 9.88. The summed E-state index contributed by atoms with van der Waals surface area (Å²) in [6, 6.07) is 50.7. The van der Waals surface area contributed by atoms with E-state index < -0.39 is 0 Å². The van der Waals surface area contributed by atoms with Gasteiger partial charge in [0.05, 0.1) is 11.0 Å². The molecule has 0 saturated heterocycles. The second-order valence-corrected chi connectivity index (χ2v) is 11.0. The maximum atomic E-state index is 4.62. The van der Waals surface area contributed by atoms with Crippen LogP contribution in [0.2, 0.25) is 0 Å². The average molecular weight is 524 g/mol. The van der Waals surface area contributed by atoms with Gasteiger partial charge in [0.25, 0.3) is 0 Å². The molecule has 0 aliphatic heterocycles. The summed E-state index contributed by atoms with van der Waals surface area (Å²) in [5, 5.41) is 5.11. The molecule has 0 amide bonds. The number of nitrogens with zero attached hydrogens (tertiary/aromatic N) is 1. The van der Waals surface area contributed by atoms with Gasteiger partial charge in [-0.3, -0.25) is 0 Å². The maximum Gasteiger partial charge on any atom is 0.0541 e. The van der Waals surface area contributed by atoms with Crippen LogP contribution in [0.4, 0.5) is 0 Å². The van der Waals surface area contributed by atoms with Crippen molar-refractivity contribution in [2.24, 2.45) is 0 Å². The van der Waals surface area contributed by atoms with Crippen molar-refractivity contribution in [1.82, 2.24) is 4.57 Å². The van der Waals surface area contributed by atoms with E-state index in [-0.39, 0.29) is 5.92 Å². The van der Waals surface area contributed by atoms with E-state index in [0.717, 1.165) is 6.42 Å². The molecule has 1 aliphatic carbocycles. The predicted molar refractivity (Wildman–Crippen MR) is 174 cm³/mol. The SMILES string of the molecule is C=C1Cc2ccc3ccccc3c2C(c2cccc(-n3c4ccccc4c4ccccc43)c2)=CC1c1ccccc1. The second kappa shape index (κ2) is 9.50. The van der Waals surface area contributed by atoms with Crippen molar-refractivity contribution in [2.75, 3.05) is 0 Å². The molecule has 1 nitrogen and oxygen atoms in total. The molecular weight excluding hydrogens is 494 g/mol. The van der Waals surface area contributed by atoms with Crippen molar-refractivity contribution in [2.45, 2.75) is 12.3 Å². The fourth-order valence-corrected chi connectivity index (χ4v) is 6.75. The second-order valence-electron chi connectivity index (χ2n) is 11.0. The third-order valence-corrected chi connectivity index (χ3v) is 8.63. The van der Waals surface area contributed by atoms with E-state index in [2.05, 4.69) is 157 Å². The van der Waals surface area contributed by atoms with Gasteiger partial charge in [-0.05, 0) is 69.3 Å². The average Bonchev–Trinajstić information content (AvgIpc) is 3.28. The highest BCUT2D eigenvalue weighted by Gasteiger charge is 2.24. The Bertz CT molecular complexity index is 2090. The molecule has 6 aromatic carbocycles. The summed E-state index contributed by atoms with van der Waals surface area (Å²) in [5.74, 6) is 0.134. The van der Waals surface area contributed by atoms with Crippen LogP contribution in [0.1, 0.15) is 28.2 Å². The Balaban J connectivity index is 1.41. The topological polar surface area (TPSA) is 4.93 Å². The summed E-state index contributed by atoms with van der Waals surface area (Å²) in [6.45, 7) is 4.62. The minimum Gasteiger partial charge on any atom is -0.309 e. The summed E-state index contributed by atoms with van der Waals surface area (Å²) < 4.78 is 2.41. The van der Waals surface area contributed by atoms with Crippen molar-refractivity contribution in [3.05, 3.63) is 180 Å². The summed E-state index contributed by atoms with van der Waals surface area (Å²) in [7, 11) is 0. The van der Waals surface area contributed by atoms with Crippen molar-refractivity contribution >= 4 is 38.2 Å². The molecule has 7 aromatic rings. The summed E-state index contributed by atoms with van der Waals surface area (Å²) in [4.78, 5) is 0. The van der Waals surface area contributed by atoms with Crippen molar-refractivity contribution < 1.29 is 0 Å². The van der Waals surface area contributed by atoms with Crippen LogP contribution in [0.15, 0.2) is 158 Å². The number of aromatic nitrogens is 1. The zero-order chi connectivity index (χ0) is 27.3. The van der Waals surface area contributed by atoms with Gasteiger partial charge in [-0.1, -0.05) is 133 Å². The number of hydrogen-bond donors (Lipinski definition) is 0. The quantitative estimate of drug-likeness (QED) is 0.203. The number of fused-ring (bicyclic) bond motifs is 6. The lowest BCUT2D eigenvalue weighted by Crippen LogP contribution is -2.00. The molecule has 1 heterocycles. The Labute approximate surface area is 240 Å². The van der Waals surface area contributed by atoms with Gasteiger partial charge in [0.1, 0.15) is 0 Å². The molecule has 0 radical (unpaired) electrons. The fourth-order valence-electron chi connectivity index (χ4n) is 6.75. The minimum atomic E-state index is 0.134. The van der Waals surface area contributed by atoms with Gasteiger partial charge in [0.2, 0.25) is 0 Å². The van der Waals surface area contributed by atoms with Gasteiger partial charge in [-0.25, -0.2) is 0 Å². The third-order valence-electron chi connectivity index (χ3n) is 8.63. The lowest BCUT2D eigenvalue weighted by molar-refractivity contribution is 0.947. The van der Waals surface area contributed by atoms with E-state index in [4.69, 9.17) is 0 Å². The first-order valence-electron chi connectivity index (χ1n) is 14.3. The maximum absolute atomic E-state index is 4.62. The van der Waals surface area contributed by atoms with Crippen molar-refractivity contribution in [3.63, 3.8) is 0 Å². The number of para-hydroxylation sites is 2. The first-order valence-corrected chi connectivity index (χ1v) is 14.3. The monoisotopic (exact) mass is 523 g/mol. The number of benzene rings is 6. The molecule has 1 atom stereocenters. The van der Waals surface area contributed by atoms with Gasteiger partial charge in [-0.2, -0.15) is 0 Å². The molecule has 0 spiro atoms. The standard InChI is InChI=1S/C40H29N/c1-27-24-31-23-22-29-14-5-6-17-33(29)40(31)37(26-36(27)28-12-3-2-4-13-28)30-15-11-16-32(25-30)41-38-20-9-7-18-34(38)35-19-8-10-21-39(35)41/h2-23,25-26,36H,1,24H2. The Morgan fingerprint density at radius 2 is 1.24 bits per heavy atom. The predicted octanol–water partition coefficient (Wildman–Crippen LogP) is 10.3. The van der Waals surface area contributed by atoms with Gasteiger partial charge >= 0.3 is 0 Å². The van der Waals surface area contributed by atoms with Crippen molar-refractivity contribution in [3.8, 4) is 5.69 Å². The molecule has 0 bridgehead atoms. The molecule has 1 heteroatoms. The van der Waals surface area contributed by atoms with Crippen LogP contribution >= 0.6 is 0 Å². The van der Waals surface area contributed by atoms with Crippen LogP contribution in [0, 0.1) is 0 Å². The smallest absolute Gasteiger partial charge is 0.0541 e. The van der Waals surface area contributed by atoms with Crippen molar-refractivity contribution in [1.29, 1.82) is 0 Å². The molecule has 0 saturated carbocycles. The van der Waals surface area contributed by atoms with Crippen LogP contribution in [-0.4, -0.2) is 4.57 Å². The summed E-state index contributed by atoms with van der Waals surface area (Å²) in [5.41, 5.74) is 11.3. The molecule has 194 valence electrons. The van der Waals surface area contributed by atoms with Crippen LogP contribution in [0.25, 0.3) is 43.8 Å². The Hall–Kier alpha value is -5.14. The van der Waals surface area contributed by atoms with E-state index in [1.54, 1.807) is 0 Å². The molecule has 8 rings (SSSR count). The normalized spacial score (nSPS) is 15.2. The first kappa shape index (κ1) is 23.7. The highest BCUT2D eigenvalue weighted by molar-refractivity contribution is 6.09. The van der Waals surface area contributed by atoms with Crippen LogP contribution < -0.4 is 0 Å². The van der Waals surface area contributed by atoms with E-state index in [1.807, 2.05) is 0 Å². The van der Waals surface area contributed by atoms with E-state index >= 15 is 0 Å². The zero-order valence-corrected chi connectivity index (χ0v) is 22.8. The van der Waals surface area contributed by atoms with Gasteiger partial charge in [0.15, 0.2) is 0 Å². The lowest BCUT2D eigenvalue weighted by Gasteiger charge is -2.17. The van der Waals surface area contributed by atoms with Gasteiger partial charge < -0.3 is 4.57 Å². The number of allylic oxidation sites excluding steroid dienone is 2. The van der Waals surface area contributed by atoms with Gasteiger partial charge in [0, 0.05) is 22.4 Å². The summed E-state index contributed by atoms with van der Waals surface area (Å²) >= 11 is 0. The van der Waals surface area contributed by atoms with E-state index in [1.165, 1.54) is 71.7 Å². The van der Waals surface area contributed by atoms with E-state index in [0.29, 0.717) is 0 Å². The van der Waals surface area contributed by atoms with Crippen LogP contribution in [0.3, 0.4) is 0 Å². The molecule has 41 heavy (non-hydrogen) atoms. The van der Waals surface area contributed by atoms with E-state index in [9.17, 15) is 0 Å². The number of hydrogen-bond acceptors (Lipinski definition) is 0. The minimum absolute atomic E-state index is 0.134. The molecule has 1 aliphatic rings.